The van der Waals surface area contributed by atoms with Crippen LogP contribution in [0.2, 0.25) is 15.1 Å². The van der Waals surface area contributed by atoms with Crippen molar-refractivity contribution in [2.24, 2.45) is 11.8 Å². The molecule has 2 fully saturated rings. The highest BCUT2D eigenvalue weighted by Gasteiger charge is 2.47. The van der Waals surface area contributed by atoms with Gasteiger partial charge in [0.25, 0.3) is 0 Å². The Morgan fingerprint density at radius 1 is 1.00 bits per heavy atom. The van der Waals surface area contributed by atoms with Gasteiger partial charge in [-0.15, -0.1) is 0 Å². The molecule has 6 heteroatoms. The number of methoxy groups -OCH3 is 1. The van der Waals surface area contributed by atoms with Gasteiger partial charge in [-0.1, -0.05) is 53.0 Å². The molecule has 0 aromatic heterocycles. The average molecular weight is 439 g/mol. The zero-order valence-corrected chi connectivity index (χ0v) is 17.8. The van der Waals surface area contributed by atoms with Gasteiger partial charge in [-0.25, -0.2) is 4.79 Å². The first kappa shape index (κ1) is 19.9. The lowest BCUT2D eigenvalue weighted by molar-refractivity contribution is 0.130. The molecule has 2 aliphatic rings. The van der Waals surface area contributed by atoms with E-state index in [0.29, 0.717) is 28.4 Å². The second kappa shape index (κ2) is 8.14. The van der Waals surface area contributed by atoms with Crippen LogP contribution in [0.5, 0.6) is 0 Å². The first-order chi connectivity index (χ1) is 13.5. The summed E-state index contributed by atoms with van der Waals surface area (Å²) in [6, 6.07) is 13.9. The van der Waals surface area contributed by atoms with Crippen LogP contribution in [-0.2, 0) is 4.74 Å². The number of hydrogen-bond acceptors (Lipinski definition) is 2. The number of amides is 1. The highest BCUT2D eigenvalue weighted by atomic mass is 35.5. The molecule has 1 heterocycles. The Labute approximate surface area is 180 Å². The molecule has 1 saturated carbocycles. The molecule has 28 heavy (non-hydrogen) atoms. The van der Waals surface area contributed by atoms with Crippen LogP contribution >= 0.6 is 34.8 Å². The summed E-state index contributed by atoms with van der Waals surface area (Å²) in [6.07, 6.45) is 1.83. The van der Waals surface area contributed by atoms with Crippen LogP contribution in [0.3, 0.4) is 0 Å². The summed E-state index contributed by atoms with van der Waals surface area (Å²) in [5.74, 6) is 1.34. The van der Waals surface area contributed by atoms with E-state index in [1.807, 2.05) is 35.2 Å². The molecule has 148 valence electrons. The van der Waals surface area contributed by atoms with Gasteiger partial charge in [-0.3, -0.25) is 0 Å². The standard InChI is InChI=1S/C22H22Cl3NO2/c1-28-22(27)26-11-14-4-8-18(17-9-7-16(24)10-20(17)25)21(19(14)12-26)13-2-5-15(23)6-3-13/h2-3,5-7,9-10,14,18-19,21H,4,8,11-12H2,1H3. The van der Waals surface area contributed by atoms with Crippen molar-refractivity contribution in [1.82, 2.24) is 4.90 Å². The van der Waals surface area contributed by atoms with Crippen LogP contribution in [0, 0.1) is 11.8 Å². The van der Waals surface area contributed by atoms with Gasteiger partial charge < -0.3 is 9.64 Å². The van der Waals surface area contributed by atoms with Gasteiger partial charge in [0.15, 0.2) is 0 Å². The maximum atomic E-state index is 12.1. The Bertz CT molecular complexity index is 871. The Kier molecular flexibility index (Phi) is 5.78. The van der Waals surface area contributed by atoms with Crippen molar-refractivity contribution < 1.29 is 9.53 Å². The highest BCUT2D eigenvalue weighted by molar-refractivity contribution is 6.35. The monoisotopic (exact) mass is 437 g/mol. The second-order valence-electron chi connectivity index (χ2n) is 7.73. The van der Waals surface area contributed by atoms with E-state index in [-0.39, 0.29) is 17.9 Å². The molecule has 1 amide bonds. The lowest BCUT2D eigenvalue weighted by atomic mass is 9.63. The number of benzene rings is 2. The van der Waals surface area contributed by atoms with Crippen molar-refractivity contribution in [2.45, 2.75) is 24.7 Å². The average Bonchev–Trinajstić information content (AvgIpc) is 3.12. The summed E-state index contributed by atoms with van der Waals surface area (Å²) in [4.78, 5) is 14.0. The molecule has 0 spiro atoms. The molecule has 2 aromatic carbocycles. The first-order valence-corrected chi connectivity index (χ1v) is 10.6. The van der Waals surface area contributed by atoms with Gasteiger partial charge in [0.1, 0.15) is 0 Å². The SMILES string of the molecule is COC(=O)N1CC2CCC(c3ccc(Cl)cc3Cl)C(c3ccc(Cl)cc3)C2C1. The molecule has 0 radical (unpaired) electrons. The van der Waals surface area contributed by atoms with Crippen LogP contribution in [0.1, 0.15) is 35.8 Å². The number of carbonyl (C=O) groups excluding carboxylic acids is 1. The van der Waals surface area contributed by atoms with Crippen molar-refractivity contribution in [3.05, 3.63) is 68.7 Å². The predicted octanol–water partition coefficient (Wildman–Crippen LogP) is 6.62. The fourth-order valence-corrected chi connectivity index (χ4v) is 5.75. The van der Waals surface area contributed by atoms with Gasteiger partial charge in [0.05, 0.1) is 7.11 Å². The molecule has 3 nitrogen and oxygen atoms in total. The van der Waals surface area contributed by atoms with E-state index in [9.17, 15) is 4.79 Å². The van der Waals surface area contributed by atoms with Gasteiger partial charge in [-0.05, 0) is 71.9 Å². The molecule has 2 aromatic rings. The molecule has 0 N–H and O–H groups in total. The van der Waals surface area contributed by atoms with Gasteiger partial charge in [-0.2, -0.15) is 0 Å². The fraction of sp³-hybridized carbons (Fsp3) is 0.409. The molecule has 4 rings (SSSR count). The van der Waals surface area contributed by atoms with E-state index in [1.165, 1.54) is 12.7 Å². The quantitative estimate of drug-likeness (QED) is 0.527. The number of rotatable bonds is 2. The molecule has 4 atom stereocenters. The van der Waals surface area contributed by atoms with Gasteiger partial charge in [0, 0.05) is 28.2 Å². The van der Waals surface area contributed by atoms with E-state index in [0.717, 1.165) is 30.0 Å². The van der Waals surface area contributed by atoms with E-state index in [2.05, 4.69) is 12.1 Å². The maximum Gasteiger partial charge on any atom is 0.409 e. The number of ether oxygens (including phenoxy) is 1. The Morgan fingerprint density at radius 2 is 1.71 bits per heavy atom. The van der Waals surface area contributed by atoms with E-state index in [4.69, 9.17) is 39.5 Å². The maximum absolute atomic E-state index is 12.1. The fourth-order valence-electron chi connectivity index (χ4n) is 5.07. The van der Waals surface area contributed by atoms with Crippen molar-refractivity contribution >= 4 is 40.9 Å². The molecule has 1 aliphatic heterocycles. The van der Waals surface area contributed by atoms with Crippen molar-refractivity contribution in [3.8, 4) is 0 Å². The van der Waals surface area contributed by atoms with Crippen LogP contribution in [0.15, 0.2) is 42.5 Å². The molecular formula is C22H22Cl3NO2. The molecule has 4 unspecified atom stereocenters. The summed E-state index contributed by atoms with van der Waals surface area (Å²) < 4.78 is 4.97. The zero-order chi connectivity index (χ0) is 19.8. The van der Waals surface area contributed by atoms with Crippen LogP contribution in [-0.4, -0.2) is 31.2 Å². The number of likely N-dealkylation sites (tertiary alicyclic amines) is 1. The molecule has 1 saturated heterocycles. The highest BCUT2D eigenvalue weighted by Crippen LogP contribution is 2.53. The third kappa shape index (κ3) is 3.72. The number of nitrogens with zero attached hydrogens (tertiary/aromatic N) is 1. The Balaban J connectivity index is 1.74. The third-order valence-corrected chi connectivity index (χ3v) is 7.10. The second-order valence-corrected chi connectivity index (χ2v) is 9.01. The Morgan fingerprint density at radius 3 is 2.39 bits per heavy atom. The van der Waals surface area contributed by atoms with Crippen molar-refractivity contribution in [3.63, 3.8) is 0 Å². The van der Waals surface area contributed by atoms with E-state index in [1.54, 1.807) is 0 Å². The molecule has 0 bridgehead atoms. The molecular weight excluding hydrogens is 417 g/mol. The normalized spacial score (nSPS) is 26.8. The summed E-state index contributed by atoms with van der Waals surface area (Å²) >= 11 is 18.9. The summed E-state index contributed by atoms with van der Waals surface area (Å²) in [6.45, 7) is 1.45. The summed E-state index contributed by atoms with van der Waals surface area (Å²) in [5.41, 5.74) is 2.36. The smallest absolute Gasteiger partial charge is 0.409 e. The number of carbonyl (C=O) groups is 1. The minimum Gasteiger partial charge on any atom is -0.453 e. The summed E-state index contributed by atoms with van der Waals surface area (Å²) in [5, 5.41) is 2.07. The zero-order valence-electron chi connectivity index (χ0n) is 15.6. The largest absolute Gasteiger partial charge is 0.453 e. The van der Waals surface area contributed by atoms with Crippen molar-refractivity contribution in [2.75, 3.05) is 20.2 Å². The first-order valence-electron chi connectivity index (χ1n) is 9.51. The number of halogens is 3. The predicted molar refractivity (Wildman–Crippen MR) is 114 cm³/mol. The van der Waals surface area contributed by atoms with E-state index >= 15 is 0 Å². The topological polar surface area (TPSA) is 29.5 Å². The van der Waals surface area contributed by atoms with Gasteiger partial charge in [0.2, 0.25) is 0 Å². The van der Waals surface area contributed by atoms with Crippen LogP contribution in [0.4, 0.5) is 4.79 Å². The number of hydrogen-bond donors (Lipinski definition) is 0. The third-order valence-electron chi connectivity index (χ3n) is 6.28. The minimum absolute atomic E-state index is 0.245. The van der Waals surface area contributed by atoms with Crippen molar-refractivity contribution in [1.29, 1.82) is 0 Å². The minimum atomic E-state index is -0.245. The lowest BCUT2D eigenvalue weighted by Crippen LogP contribution is -2.32. The lowest BCUT2D eigenvalue weighted by Gasteiger charge is -2.40. The van der Waals surface area contributed by atoms with Crippen LogP contribution in [0.25, 0.3) is 0 Å². The molecule has 1 aliphatic carbocycles. The number of fused-ring (bicyclic) bond motifs is 1. The van der Waals surface area contributed by atoms with Gasteiger partial charge >= 0.3 is 6.09 Å². The van der Waals surface area contributed by atoms with E-state index < -0.39 is 0 Å². The Hall–Kier alpha value is -1.42. The van der Waals surface area contributed by atoms with Crippen LogP contribution < -0.4 is 0 Å². The summed E-state index contributed by atoms with van der Waals surface area (Å²) in [7, 11) is 1.44.